The van der Waals surface area contributed by atoms with Crippen molar-refractivity contribution in [2.75, 3.05) is 37.6 Å². The number of nitrogens with zero attached hydrogens (tertiary/aromatic N) is 4. The molecule has 54 heavy (non-hydrogen) atoms. The van der Waals surface area contributed by atoms with Crippen LogP contribution in [0, 0.1) is 0 Å². The lowest BCUT2D eigenvalue weighted by Gasteiger charge is -2.10. The minimum Gasteiger partial charge on any atom is -0.750 e. The van der Waals surface area contributed by atoms with Crippen molar-refractivity contribution in [1.82, 2.24) is 19.1 Å². The zero-order valence-electron chi connectivity index (χ0n) is 30.4. The van der Waals surface area contributed by atoms with Gasteiger partial charge < -0.3 is 39.9 Å². The fourth-order valence-electron chi connectivity index (χ4n) is 6.51. The van der Waals surface area contributed by atoms with Gasteiger partial charge in [0.2, 0.25) is 10.7 Å². The van der Waals surface area contributed by atoms with Crippen LogP contribution in [0.3, 0.4) is 0 Å². The van der Waals surface area contributed by atoms with Crippen molar-refractivity contribution in [3.05, 3.63) is 108 Å². The molecule has 2 heterocycles. The van der Waals surface area contributed by atoms with Crippen LogP contribution in [0.2, 0.25) is 0 Å². The molecule has 0 spiro atoms. The molecule has 4 aromatic rings. The number of nitrogens with two attached hydrogens (primary N) is 2. The average Bonchev–Trinajstić information content (AvgIpc) is 3.18. The molecule has 0 bridgehead atoms. The molecule has 14 heteroatoms. The standard InChI is InChI=1S/2C20H19N3O.H2O4S.H2O/c2*1-3-23(4-2)13-9-10-17-18(11-13)24-19-12-16(21)14-7-5-6-8-15(14)20(19)22-17;1-4-5(2)3;/h2*5-12,21H,3-4H2,1-2H3;1H,(H,2,3);1H2. The summed E-state index contributed by atoms with van der Waals surface area (Å²) in [4.78, 5) is 9.66. The molecule has 0 amide bonds. The number of aromatic nitrogens is 2. The Balaban J connectivity index is 0.000000182. The van der Waals surface area contributed by atoms with Crippen LogP contribution >= 0.6 is 0 Å². The van der Waals surface area contributed by atoms with Gasteiger partial charge in [-0.25, -0.2) is 23.3 Å². The van der Waals surface area contributed by atoms with E-state index >= 15 is 0 Å². The van der Waals surface area contributed by atoms with Gasteiger partial charge >= 0.3 is 0 Å². The van der Waals surface area contributed by atoms with Crippen LogP contribution in [0.1, 0.15) is 27.7 Å². The minimum atomic E-state index is -2.88. The maximum absolute atomic E-state index is 8.83. The van der Waals surface area contributed by atoms with E-state index in [4.69, 9.17) is 44.3 Å². The number of hydrogen-bond acceptors (Lipinski definition) is 10. The largest absolute Gasteiger partial charge is 0.750 e. The predicted octanol–water partition coefficient (Wildman–Crippen LogP) is 4.21. The van der Waals surface area contributed by atoms with E-state index in [1.165, 1.54) is 0 Å². The normalized spacial score (nSPS) is 11.5. The SMILES string of the molecule is CC[N+](CC)=c1ccc2nc3c(cc(N)c4ccccc43)oc-2c1.CC[N+](CC)=c1ccc2nc3c(cc(N)c4ccccc43)oc-2c1.O.O=S([O-])O[O-]. The van der Waals surface area contributed by atoms with E-state index in [0.29, 0.717) is 11.4 Å². The van der Waals surface area contributed by atoms with Gasteiger partial charge in [-0.05, 0) is 39.8 Å². The first-order chi connectivity index (χ1) is 25.7. The predicted molar refractivity (Wildman–Crippen MR) is 211 cm³/mol. The zero-order valence-corrected chi connectivity index (χ0v) is 31.2. The molecule has 0 saturated carbocycles. The van der Waals surface area contributed by atoms with Gasteiger partial charge in [-0.15, -0.1) is 0 Å². The molecule has 0 saturated heterocycles. The van der Waals surface area contributed by atoms with Gasteiger partial charge in [0.25, 0.3) is 0 Å². The van der Waals surface area contributed by atoms with Crippen LogP contribution in [-0.2, 0) is 15.7 Å². The first kappa shape index (κ1) is 39.4. The van der Waals surface area contributed by atoms with Crippen LogP contribution in [0.4, 0.5) is 11.4 Å². The van der Waals surface area contributed by atoms with Crippen molar-refractivity contribution in [2.24, 2.45) is 0 Å². The molecule has 280 valence electrons. The van der Waals surface area contributed by atoms with Crippen molar-refractivity contribution in [3.8, 4) is 22.9 Å². The second-order valence-corrected chi connectivity index (χ2v) is 12.6. The average molecular weight is 751 g/mol. The summed E-state index contributed by atoms with van der Waals surface area (Å²) in [5.41, 5.74) is 18.7. The van der Waals surface area contributed by atoms with Crippen LogP contribution in [-0.4, -0.2) is 50.4 Å². The van der Waals surface area contributed by atoms with Crippen molar-refractivity contribution in [3.63, 3.8) is 0 Å². The highest BCUT2D eigenvalue weighted by atomic mass is 32.2. The quantitative estimate of drug-likeness (QED) is 0.0486. The minimum absolute atomic E-state index is 0. The number of rotatable bonds is 5. The molecule has 1 unspecified atom stereocenters. The molecule has 6 N–H and O–H groups in total. The summed E-state index contributed by atoms with van der Waals surface area (Å²) >= 11 is -2.88. The highest BCUT2D eigenvalue weighted by molar-refractivity contribution is 7.73. The van der Waals surface area contributed by atoms with Crippen molar-refractivity contribution < 1.29 is 32.7 Å². The summed E-state index contributed by atoms with van der Waals surface area (Å²) in [6.45, 7) is 12.4. The van der Waals surface area contributed by atoms with E-state index in [9.17, 15) is 0 Å². The Morgan fingerprint density at radius 1 is 0.630 bits per heavy atom. The number of nitrogen functional groups attached to an aromatic ring is 2. The molecular formula is C40H42N6O7S. The maximum Gasteiger partial charge on any atom is 0.203 e. The summed E-state index contributed by atoms with van der Waals surface area (Å²) in [7, 11) is 0. The van der Waals surface area contributed by atoms with Crippen LogP contribution in [0.15, 0.2) is 106 Å². The summed E-state index contributed by atoms with van der Waals surface area (Å²) in [5, 5.41) is 14.9. The first-order valence-electron chi connectivity index (χ1n) is 17.3. The van der Waals surface area contributed by atoms with Gasteiger partial charge in [0.1, 0.15) is 48.6 Å². The molecule has 8 rings (SSSR count). The summed E-state index contributed by atoms with van der Waals surface area (Å²) in [5.74, 6) is 1.56. The molecule has 1 atom stereocenters. The highest BCUT2D eigenvalue weighted by Gasteiger charge is 2.16. The van der Waals surface area contributed by atoms with Gasteiger partial charge in [0.05, 0.1) is 23.5 Å². The Labute approximate surface area is 313 Å². The second-order valence-electron chi connectivity index (χ2n) is 12.1. The molecule has 0 aromatic heterocycles. The van der Waals surface area contributed by atoms with Crippen molar-refractivity contribution in [1.29, 1.82) is 0 Å². The number of fused-ring (bicyclic) bond motifs is 8. The van der Waals surface area contributed by atoms with E-state index in [-0.39, 0.29) is 5.48 Å². The summed E-state index contributed by atoms with van der Waals surface area (Å²) < 4.78 is 36.9. The molecule has 0 fully saturated rings. The van der Waals surface area contributed by atoms with Gasteiger partial charge in [-0.3, -0.25) is 0 Å². The van der Waals surface area contributed by atoms with Crippen molar-refractivity contribution in [2.45, 2.75) is 27.7 Å². The fourth-order valence-corrected chi connectivity index (χ4v) is 6.51. The first-order valence-corrected chi connectivity index (χ1v) is 18.3. The number of hydrogen-bond donors (Lipinski definition) is 2. The van der Waals surface area contributed by atoms with Gasteiger partial charge in [0, 0.05) is 57.2 Å². The lowest BCUT2D eigenvalue weighted by molar-refractivity contribution is -0.635. The van der Waals surface area contributed by atoms with E-state index in [2.05, 4.69) is 65.4 Å². The maximum atomic E-state index is 8.83. The third kappa shape index (κ3) is 8.07. The van der Waals surface area contributed by atoms with Crippen LogP contribution < -0.4 is 36.6 Å². The number of anilines is 2. The molecule has 2 aliphatic carbocycles. The van der Waals surface area contributed by atoms with Gasteiger partial charge in [0.15, 0.2) is 22.7 Å². The Bertz CT molecular complexity index is 2500. The Hall–Kier alpha value is -5.77. The van der Waals surface area contributed by atoms with Gasteiger partial charge in [-0.2, -0.15) is 0 Å². The second kappa shape index (κ2) is 17.4. The van der Waals surface area contributed by atoms with E-state index in [1.807, 2.05) is 72.8 Å². The number of benzene rings is 6. The van der Waals surface area contributed by atoms with E-state index in [0.717, 1.165) is 104 Å². The monoisotopic (exact) mass is 750 g/mol. The molecule has 13 nitrogen and oxygen atoms in total. The highest BCUT2D eigenvalue weighted by Crippen LogP contribution is 2.34. The van der Waals surface area contributed by atoms with Crippen LogP contribution in [0.5, 0.6) is 0 Å². The molecule has 4 aliphatic rings. The molecule has 2 aliphatic heterocycles. The van der Waals surface area contributed by atoms with Crippen LogP contribution in [0.25, 0.3) is 66.7 Å². The van der Waals surface area contributed by atoms with Crippen molar-refractivity contribution >= 4 is 66.5 Å². The van der Waals surface area contributed by atoms with E-state index in [1.54, 1.807) is 0 Å². The third-order valence-electron chi connectivity index (χ3n) is 9.13. The molecular weight excluding hydrogens is 709 g/mol. The topological polar surface area (TPSA) is 214 Å². The summed E-state index contributed by atoms with van der Waals surface area (Å²) in [6, 6.07) is 32.2. The third-order valence-corrected chi connectivity index (χ3v) is 9.24. The lowest BCUT2D eigenvalue weighted by atomic mass is 10.1. The molecule has 0 radical (unpaired) electrons. The van der Waals surface area contributed by atoms with Gasteiger partial charge in [-0.1, -0.05) is 48.5 Å². The zero-order chi connectivity index (χ0) is 37.6. The smallest absolute Gasteiger partial charge is 0.203 e. The Morgan fingerprint density at radius 2 is 0.981 bits per heavy atom. The summed E-state index contributed by atoms with van der Waals surface area (Å²) in [6.07, 6.45) is 0. The fraction of sp³-hybridized carbons (Fsp3) is 0.200. The lowest BCUT2D eigenvalue weighted by Crippen LogP contribution is -2.29. The Morgan fingerprint density at radius 3 is 1.31 bits per heavy atom. The molecule has 4 aromatic carbocycles. The Kier molecular flexibility index (Phi) is 12.7. The van der Waals surface area contributed by atoms with E-state index < -0.39 is 11.4 Å².